The van der Waals surface area contributed by atoms with Gasteiger partial charge in [0.05, 0.1) is 23.8 Å². The van der Waals surface area contributed by atoms with Gasteiger partial charge in [0.15, 0.2) is 0 Å². The largest absolute Gasteiger partial charge is 0.497 e. The number of hydrogen-bond donors (Lipinski definition) is 1. The van der Waals surface area contributed by atoms with Gasteiger partial charge in [0.25, 0.3) is 0 Å². The number of nitrogen functional groups attached to an aromatic ring is 1. The van der Waals surface area contributed by atoms with Crippen molar-refractivity contribution in [2.75, 3.05) is 12.8 Å². The monoisotopic (exact) mass is 331 g/mol. The highest BCUT2D eigenvalue weighted by Crippen LogP contribution is 2.31. The summed E-state index contributed by atoms with van der Waals surface area (Å²) in [5.41, 5.74) is 9.99. The second kappa shape index (κ2) is 4.83. The number of aromatic nitrogens is 2. The van der Waals surface area contributed by atoms with Gasteiger partial charge in [0, 0.05) is 10.5 Å². The van der Waals surface area contributed by atoms with E-state index >= 15 is 0 Å². The molecule has 5 heteroatoms. The summed E-state index contributed by atoms with van der Waals surface area (Å²) >= 11 is 3.62. The van der Waals surface area contributed by atoms with Crippen LogP contribution in [0.4, 0.5) is 5.95 Å². The number of aryl methyl sites for hydroxylation is 1. The molecule has 2 aromatic carbocycles. The van der Waals surface area contributed by atoms with Crippen molar-refractivity contribution in [3.8, 4) is 11.4 Å². The Labute approximate surface area is 125 Å². The first kappa shape index (κ1) is 13.0. The zero-order chi connectivity index (χ0) is 14.3. The Bertz CT molecular complexity index is 795. The third kappa shape index (κ3) is 1.94. The molecule has 0 atom stereocenters. The van der Waals surface area contributed by atoms with Gasteiger partial charge in [-0.05, 0) is 46.6 Å². The number of hydrogen-bond acceptors (Lipinski definition) is 3. The van der Waals surface area contributed by atoms with Crippen LogP contribution in [0.2, 0.25) is 0 Å². The average Bonchev–Trinajstić information content (AvgIpc) is 2.77. The van der Waals surface area contributed by atoms with Gasteiger partial charge in [-0.1, -0.05) is 12.1 Å². The van der Waals surface area contributed by atoms with Crippen molar-refractivity contribution in [2.24, 2.45) is 0 Å². The van der Waals surface area contributed by atoms with Crippen LogP contribution in [-0.4, -0.2) is 16.7 Å². The molecular weight excluding hydrogens is 318 g/mol. The molecule has 1 aromatic heterocycles. The first-order valence-corrected chi connectivity index (χ1v) is 6.98. The molecule has 3 rings (SSSR count). The molecule has 0 aliphatic rings. The van der Waals surface area contributed by atoms with Crippen molar-refractivity contribution in [3.05, 3.63) is 46.4 Å². The topological polar surface area (TPSA) is 53.1 Å². The summed E-state index contributed by atoms with van der Waals surface area (Å²) in [4.78, 5) is 4.41. The van der Waals surface area contributed by atoms with Crippen LogP contribution in [-0.2, 0) is 0 Å². The van der Waals surface area contributed by atoms with E-state index in [9.17, 15) is 0 Å². The van der Waals surface area contributed by atoms with Crippen LogP contribution in [0.15, 0.2) is 40.9 Å². The molecule has 0 bridgehead atoms. The van der Waals surface area contributed by atoms with Crippen LogP contribution in [0.25, 0.3) is 16.7 Å². The Morgan fingerprint density at radius 2 is 2.05 bits per heavy atom. The fourth-order valence-corrected chi connectivity index (χ4v) is 2.71. The summed E-state index contributed by atoms with van der Waals surface area (Å²) < 4.78 is 8.17. The standard InChI is InChI=1S/C15H14BrN3O/c1-9-4-3-5-13(14(9)16)19-12-7-6-10(20-2)8-11(12)18-15(19)17/h3-8H,1-2H3,(H2,17,18). The fourth-order valence-electron chi connectivity index (χ4n) is 2.26. The highest BCUT2D eigenvalue weighted by Gasteiger charge is 2.13. The number of nitrogens with zero attached hydrogens (tertiary/aromatic N) is 2. The molecule has 0 fully saturated rings. The van der Waals surface area contributed by atoms with Crippen molar-refractivity contribution in [1.29, 1.82) is 0 Å². The van der Waals surface area contributed by atoms with Gasteiger partial charge in [-0.3, -0.25) is 4.57 Å². The number of halogens is 1. The molecule has 2 N–H and O–H groups in total. The lowest BCUT2D eigenvalue weighted by Crippen LogP contribution is -2.02. The molecule has 3 aromatic rings. The summed E-state index contributed by atoms with van der Waals surface area (Å²) in [5.74, 6) is 1.23. The smallest absolute Gasteiger partial charge is 0.205 e. The summed E-state index contributed by atoms with van der Waals surface area (Å²) in [5, 5.41) is 0. The van der Waals surface area contributed by atoms with E-state index in [1.807, 2.05) is 47.9 Å². The Hall–Kier alpha value is -2.01. The fraction of sp³-hybridized carbons (Fsp3) is 0.133. The maximum atomic E-state index is 6.09. The van der Waals surface area contributed by atoms with Crippen molar-refractivity contribution >= 4 is 32.9 Å². The molecule has 0 saturated heterocycles. The van der Waals surface area contributed by atoms with E-state index in [-0.39, 0.29) is 0 Å². The van der Waals surface area contributed by atoms with Crippen LogP contribution < -0.4 is 10.5 Å². The van der Waals surface area contributed by atoms with Gasteiger partial charge >= 0.3 is 0 Å². The molecule has 0 saturated carbocycles. The second-order valence-electron chi connectivity index (χ2n) is 4.57. The molecule has 102 valence electrons. The zero-order valence-corrected chi connectivity index (χ0v) is 12.8. The third-order valence-electron chi connectivity index (χ3n) is 3.30. The molecular formula is C15H14BrN3O. The Balaban J connectivity index is 2.31. The quantitative estimate of drug-likeness (QED) is 0.779. The van der Waals surface area contributed by atoms with Crippen LogP contribution in [0.5, 0.6) is 5.75 Å². The van der Waals surface area contributed by atoms with E-state index in [1.54, 1.807) is 7.11 Å². The van der Waals surface area contributed by atoms with E-state index in [2.05, 4.69) is 20.9 Å². The number of rotatable bonds is 2. The molecule has 0 spiro atoms. The number of ether oxygens (including phenoxy) is 1. The lowest BCUT2D eigenvalue weighted by Gasteiger charge is -2.10. The zero-order valence-electron chi connectivity index (χ0n) is 11.2. The molecule has 4 nitrogen and oxygen atoms in total. The average molecular weight is 332 g/mol. The van der Waals surface area contributed by atoms with Crippen molar-refractivity contribution in [1.82, 2.24) is 9.55 Å². The number of anilines is 1. The van der Waals surface area contributed by atoms with Crippen LogP contribution in [0, 0.1) is 6.92 Å². The number of imidazole rings is 1. The highest BCUT2D eigenvalue weighted by atomic mass is 79.9. The van der Waals surface area contributed by atoms with Gasteiger partial charge in [0.1, 0.15) is 5.75 Å². The maximum absolute atomic E-state index is 6.09. The maximum Gasteiger partial charge on any atom is 0.205 e. The van der Waals surface area contributed by atoms with Crippen molar-refractivity contribution in [2.45, 2.75) is 6.92 Å². The third-order valence-corrected chi connectivity index (χ3v) is 4.33. The van der Waals surface area contributed by atoms with E-state index in [0.717, 1.165) is 32.5 Å². The Kier molecular flexibility index (Phi) is 3.14. The number of fused-ring (bicyclic) bond motifs is 1. The molecule has 0 unspecified atom stereocenters. The molecule has 0 aliphatic carbocycles. The predicted molar refractivity (Wildman–Crippen MR) is 84.5 cm³/mol. The SMILES string of the molecule is COc1ccc2c(c1)nc(N)n2-c1cccc(C)c1Br. The van der Waals surface area contributed by atoms with Crippen LogP contribution in [0.1, 0.15) is 5.56 Å². The molecule has 0 amide bonds. The minimum absolute atomic E-state index is 0.458. The number of nitrogens with two attached hydrogens (primary N) is 1. The van der Waals surface area contributed by atoms with Gasteiger partial charge in [-0.15, -0.1) is 0 Å². The van der Waals surface area contributed by atoms with Crippen molar-refractivity contribution in [3.63, 3.8) is 0 Å². The van der Waals surface area contributed by atoms with Crippen LogP contribution in [0.3, 0.4) is 0 Å². The summed E-state index contributed by atoms with van der Waals surface area (Å²) in [6.45, 7) is 2.05. The van der Waals surface area contributed by atoms with Gasteiger partial charge < -0.3 is 10.5 Å². The molecule has 0 aliphatic heterocycles. The van der Waals surface area contributed by atoms with E-state index < -0.39 is 0 Å². The first-order valence-electron chi connectivity index (χ1n) is 6.19. The Morgan fingerprint density at radius 1 is 1.25 bits per heavy atom. The van der Waals surface area contributed by atoms with E-state index in [4.69, 9.17) is 10.5 Å². The molecule has 1 heterocycles. The van der Waals surface area contributed by atoms with Crippen molar-refractivity contribution < 1.29 is 4.74 Å². The van der Waals surface area contributed by atoms with Crippen LogP contribution >= 0.6 is 15.9 Å². The molecule has 20 heavy (non-hydrogen) atoms. The van der Waals surface area contributed by atoms with E-state index in [1.165, 1.54) is 0 Å². The predicted octanol–water partition coefficient (Wildman–Crippen LogP) is 3.69. The molecule has 0 radical (unpaired) electrons. The van der Waals surface area contributed by atoms with Gasteiger partial charge in [0.2, 0.25) is 5.95 Å². The number of benzene rings is 2. The normalized spacial score (nSPS) is 10.9. The van der Waals surface area contributed by atoms with Gasteiger partial charge in [-0.25, -0.2) is 4.98 Å². The van der Waals surface area contributed by atoms with E-state index in [0.29, 0.717) is 5.95 Å². The summed E-state index contributed by atoms with van der Waals surface area (Å²) in [6, 6.07) is 11.8. The first-order chi connectivity index (χ1) is 9.61. The lowest BCUT2D eigenvalue weighted by molar-refractivity contribution is 0.415. The summed E-state index contributed by atoms with van der Waals surface area (Å²) in [7, 11) is 1.64. The highest BCUT2D eigenvalue weighted by molar-refractivity contribution is 9.10. The Morgan fingerprint density at radius 3 is 2.80 bits per heavy atom. The lowest BCUT2D eigenvalue weighted by atomic mass is 10.2. The minimum Gasteiger partial charge on any atom is -0.497 e. The van der Waals surface area contributed by atoms with Gasteiger partial charge in [-0.2, -0.15) is 0 Å². The number of methoxy groups -OCH3 is 1. The summed E-state index contributed by atoms with van der Waals surface area (Å²) in [6.07, 6.45) is 0. The second-order valence-corrected chi connectivity index (χ2v) is 5.36. The minimum atomic E-state index is 0.458.